The maximum atomic E-state index is 12.2. The zero-order valence-electron chi connectivity index (χ0n) is 11.5. The molecule has 0 radical (unpaired) electrons. The van der Waals surface area contributed by atoms with Crippen LogP contribution in [0.5, 0.6) is 0 Å². The first-order chi connectivity index (χ1) is 9.90. The first-order valence-electron chi connectivity index (χ1n) is 6.34. The van der Waals surface area contributed by atoms with E-state index in [-0.39, 0.29) is 5.03 Å². The van der Waals surface area contributed by atoms with Gasteiger partial charge in [-0.1, -0.05) is 31.3 Å². The summed E-state index contributed by atoms with van der Waals surface area (Å²) >= 11 is 4.83. The van der Waals surface area contributed by atoms with Crippen LogP contribution in [0.4, 0.5) is 5.69 Å². The topological polar surface area (TPSA) is 101 Å². The van der Waals surface area contributed by atoms with Gasteiger partial charge in [-0.2, -0.15) is 8.42 Å². The summed E-state index contributed by atoms with van der Waals surface area (Å²) in [7, 11) is -3.66. The number of nitrogens with zero attached hydrogens (tertiary/aromatic N) is 1. The third-order valence-electron chi connectivity index (χ3n) is 2.81. The molecule has 0 aliphatic heterocycles. The van der Waals surface area contributed by atoms with Crippen LogP contribution in [0.15, 0.2) is 35.5 Å². The minimum atomic E-state index is -3.66. The minimum absolute atomic E-state index is 0.0477. The number of aryl methyl sites for hydroxylation is 1. The number of nitrogens with two attached hydrogens (primary N) is 1. The number of hydrogen-bond donors (Lipinski definition) is 3. The summed E-state index contributed by atoms with van der Waals surface area (Å²) in [5, 5.41) is 0.0477. The summed E-state index contributed by atoms with van der Waals surface area (Å²) in [4.78, 5) is 7.15. The quantitative estimate of drug-likeness (QED) is 0.701. The van der Waals surface area contributed by atoms with Crippen LogP contribution in [0.3, 0.4) is 0 Å². The van der Waals surface area contributed by atoms with E-state index < -0.39 is 10.0 Å². The Labute approximate surface area is 128 Å². The molecular weight excluding hydrogens is 308 g/mol. The van der Waals surface area contributed by atoms with E-state index in [1.807, 2.05) is 6.92 Å². The highest BCUT2D eigenvalue weighted by Gasteiger charge is 2.16. The average Bonchev–Trinajstić information content (AvgIpc) is 2.90. The number of nitrogens with one attached hydrogen (secondary N) is 2. The lowest BCUT2D eigenvalue weighted by molar-refractivity contribution is 0.598. The Morgan fingerprint density at radius 3 is 2.57 bits per heavy atom. The molecule has 0 bridgehead atoms. The van der Waals surface area contributed by atoms with Gasteiger partial charge < -0.3 is 10.7 Å². The number of aromatic nitrogens is 2. The first-order valence-corrected chi connectivity index (χ1v) is 8.24. The van der Waals surface area contributed by atoms with Gasteiger partial charge in [-0.3, -0.25) is 4.72 Å². The molecule has 0 saturated carbocycles. The van der Waals surface area contributed by atoms with Crippen molar-refractivity contribution < 1.29 is 8.42 Å². The van der Waals surface area contributed by atoms with E-state index in [2.05, 4.69) is 14.7 Å². The molecule has 2 aromatic rings. The van der Waals surface area contributed by atoms with Gasteiger partial charge in [0.2, 0.25) is 0 Å². The molecule has 0 unspecified atom stereocenters. The smallest absolute Gasteiger partial charge is 0.278 e. The van der Waals surface area contributed by atoms with Crippen LogP contribution in [0.1, 0.15) is 18.3 Å². The zero-order valence-corrected chi connectivity index (χ0v) is 13.1. The molecule has 1 aromatic carbocycles. The van der Waals surface area contributed by atoms with Gasteiger partial charge in [-0.05, 0) is 17.7 Å². The Balaban J connectivity index is 2.14. The zero-order chi connectivity index (χ0) is 15.5. The number of sulfonamides is 1. The molecule has 8 heteroatoms. The molecule has 1 heterocycles. The van der Waals surface area contributed by atoms with Crippen LogP contribution in [0, 0.1) is 0 Å². The Morgan fingerprint density at radius 1 is 1.38 bits per heavy atom. The molecule has 6 nitrogen and oxygen atoms in total. The molecule has 4 N–H and O–H groups in total. The second-order valence-corrected chi connectivity index (χ2v) is 6.67. The summed E-state index contributed by atoms with van der Waals surface area (Å²) < 4.78 is 26.8. The summed E-state index contributed by atoms with van der Waals surface area (Å²) in [5.74, 6) is 0.627. The Morgan fingerprint density at radius 2 is 2.05 bits per heavy atom. The summed E-state index contributed by atoms with van der Waals surface area (Å²) in [6.45, 7) is 1.89. The minimum Gasteiger partial charge on any atom is -0.393 e. The summed E-state index contributed by atoms with van der Waals surface area (Å²) in [5.41, 5.74) is 6.86. The SMILES string of the molecule is CCc1ncc(S(=O)(=O)Nc2ccc(CC(N)=S)cc2)[nH]1. The second kappa shape index (κ2) is 6.23. The molecule has 0 aliphatic rings. The van der Waals surface area contributed by atoms with Gasteiger partial charge in [0.15, 0.2) is 5.03 Å². The molecule has 1 aromatic heterocycles. The van der Waals surface area contributed by atoms with Gasteiger partial charge >= 0.3 is 0 Å². The third kappa shape index (κ3) is 4.02. The molecule has 0 atom stereocenters. The van der Waals surface area contributed by atoms with Crippen molar-refractivity contribution >= 4 is 32.9 Å². The predicted molar refractivity (Wildman–Crippen MR) is 85.7 cm³/mol. The highest BCUT2D eigenvalue weighted by Crippen LogP contribution is 2.16. The van der Waals surface area contributed by atoms with Crippen LogP contribution in [-0.2, 0) is 22.9 Å². The third-order valence-corrected chi connectivity index (χ3v) is 4.25. The van der Waals surface area contributed by atoms with Crippen molar-refractivity contribution in [3.05, 3.63) is 41.9 Å². The van der Waals surface area contributed by atoms with E-state index in [9.17, 15) is 8.42 Å². The summed E-state index contributed by atoms with van der Waals surface area (Å²) in [6, 6.07) is 6.90. The van der Waals surface area contributed by atoms with Gasteiger partial charge in [0.25, 0.3) is 10.0 Å². The van der Waals surface area contributed by atoms with E-state index in [1.165, 1.54) is 6.20 Å². The standard InChI is InChI=1S/C13H16N4O2S2/c1-2-12-15-8-13(16-12)21(18,19)17-10-5-3-9(4-6-10)7-11(14)20/h3-6,8,17H,2,7H2,1H3,(H2,14,20)(H,15,16). The highest BCUT2D eigenvalue weighted by atomic mass is 32.2. The number of hydrogen-bond acceptors (Lipinski definition) is 4. The fourth-order valence-electron chi connectivity index (χ4n) is 1.76. The number of H-pyrrole nitrogens is 1. The molecule has 2 rings (SSSR count). The molecular formula is C13H16N4O2S2. The Hall–Kier alpha value is -1.93. The largest absolute Gasteiger partial charge is 0.393 e. The molecule has 0 amide bonds. The number of rotatable bonds is 6. The highest BCUT2D eigenvalue weighted by molar-refractivity contribution is 7.92. The maximum absolute atomic E-state index is 12.2. The van der Waals surface area contributed by atoms with Crippen molar-refractivity contribution in [3.8, 4) is 0 Å². The van der Waals surface area contributed by atoms with Crippen molar-refractivity contribution in [2.75, 3.05) is 4.72 Å². The van der Waals surface area contributed by atoms with Gasteiger partial charge in [0.1, 0.15) is 5.82 Å². The van der Waals surface area contributed by atoms with Crippen molar-refractivity contribution in [1.82, 2.24) is 9.97 Å². The van der Waals surface area contributed by atoms with Crippen molar-refractivity contribution in [3.63, 3.8) is 0 Å². The van der Waals surface area contributed by atoms with Gasteiger partial charge in [0, 0.05) is 18.5 Å². The lowest BCUT2D eigenvalue weighted by Crippen LogP contribution is -2.14. The van der Waals surface area contributed by atoms with Crippen LogP contribution >= 0.6 is 12.2 Å². The van der Waals surface area contributed by atoms with Crippen LogP contribution in [0.2, 0.25) is 0 Å². The van der Waals surface area contributed by atoms with Crippen LogP contribution < -0.4 is 10.5 Å². The normalized spacial score (nSPS) is 11.3. The molecule has 0 fully saturated rings. The number of benzene rings is 1. The lowest BCUT2D eigenvalue weighted by Gasteiger charge is -2.07. The fourth-order valence-corrected chi connectivity index (χ4v) is 2.93. The maximum Gasteiger partial charge on any atom is 0.278 e. The molecule has 0 saturated heterocycles. The number of thiocarbonyl (C=S) groups is 1. The number of anilines is 1. The number of aromatic amines is 1. The number of imidazole rings is 1. The average molecular weight is 324 g/mol. The van der Waals surface area contributed by atoms with E-state index >= 15 is 0 Å². The van der Waals surface area contributed by atoms with Crippen LogP contribution in [-0.4, -0.2) is 23.4 Å². The lowest BCUT2D eigenvalue weighted by atomic mass is 10.1. The van der Waals surface area contributed by atoms with Gasteiger partial charge in [-0.15, -0.1) is 0 Å². The van der Waals surface area contributed by atoms with E-state index in [4.69, 9.17) is 18.0 Å². The van der Waals surface area contributed by atoms with Crippen molar-refractivity contribution in [2.24, 2.45) is 5.73 Å². The second-order valence-electron chi connectivity index (χ2n) is 4.49. The van der Waals surface area contributed by atoms with E-state index in [0.717, 1.165) is 5.56 Å². The van der Waals surface area contributed by atoms with E-state index in [0.29, 0.717) is 29.3 Å². The summed E-state index contributed by atoms with van der Waals surface area (Å²) in [6.07, 6.45) is 2.44. The molecule has 112 valence electrons. The Kier molecular flexibility index (Phi) is 4.59. The van der Waals surface area contributed by atoms with Crippen molar-refractivity contribution in [2.45, 2.75) is 24.8 Å². The predicted octanol–water partition coefficient (Wildman–Crippen LogP) is 1.60. The van der Waals surface area contributed by atoms with Gasteiger partial charge in [0.05, 0.1) is 11.2 Å². The first kappa shape index (κ1) is 15.5. The fraction of sp³-hybridized carbons (Fsp3) is 0.231. The Bertz CT molecular complexity index is 736. The van der Waals surface area contributed by atoms with Crippen molar-refractivity contribution in [1.29, 1.82) is 0 Å². The monoisotopic (exact) mass is 324 g/mol. The van der Waals surface area contributed by atoms with Crippen LogP contribution in [0.25, 0.3) is 0 Å². The van der Waals surface area contributed by atoms with Gasteiger partial charge in [-0.25, -0.2) is 4.98 Å². The van der Waals surface area contributed by atoms with E-state index in [1.54, 1.807) is 24.3 Å². The molecule has 0 aliphatic carbocycles. The molecule has 0 spiro atoms. The molecule has 21 heavy (non-hydrogen) atoms.